The standard InChI is InChI=1S/C20H25FN4O/c21-16-6-5-9-18(12-16)26-19-11-10-15(13-23-19)14-24-20(22)25-17-7-3-1-2-4-8-17/h5-6,9-13,17H,1-4,7-8,14H2,(H3,22,24,25). The molecule has 0 unspecified atom stereocenters. The molecule has 2 aromatic rings. The van der Waals surface area contributed by atoms with Gasteiger partial charge in [-0.25, -0.2) is 14.4 Å². The van der Waals surface area contributed by atoms with Crippen molar-refractivity contribution in [2.24, 2.45) is 10.7 Å². The molecule has 1 aromatic carbocycles. The fourth-order valence-corrected chi connectivity index (χ4v) is 3.07. The van der Waals surface area contributed by atoms with Gasteiger partial charge in [-0.15, -0.1) is 0 Å². The Morgan fingerprint density at radius 2 is 2.00 bits per heavy atom. The molecule has 1 aliphatic carbocycles. The average Bonchev–Trinajstić information content (AvgIpc) is 2.90. The molecule has 6 heteroatoms. The summed E-state index contributed by atoms with van der Waals surface area (Å²) in [5.41, 5.74) is 6.94. The van der Waals surface area contributed by atoms with Crippen LogP contribution in [0.5, 0.6) is 11.6 Å². The van der Waals surface area contributed by atoms with Gasteiger partial charge in [-0.1, -0.05) is 37.8 Å². The SMILES string of the molecule is NC(=NCc1ccc(Oc2cccc(F)c2)nc1)NC1CCCCCC1. The third-order valence-corrected chi connectivity index (χ3v) is 4.46. The molecule has 138 valence electrons. The monoisotopic (exact) mass is 356 g/mol. The van der Waals surface area contributed by atoms with E-state index in [2.05, 4.69) is 15.3 Å². The molecule has 0 bridgehead atoms. The fraction of sp³-hybridized carbons (Fsp3) is 0.400. The summed E-state index contributed by atoms with van der Waals surface area (Å²) in [6.45, 7) is 0.457. The van der Waals surface area contributed by atoms with E-state index in [1.54, 1.807) is 24.4 Å². The molecule has 0 radical (unpaired) electrons. The van der Waals surface area contributed by atoms with Crippen molar-refractivity contribution in [2.75, 3.05) is 0 Å². The van der Waals surface area contributed by atoms with Gasteiger partial charge in [-0.3, -0.25) is 0 Å². The summed E-state index contributed by atoms with van der Waals surface area (Å²) < 4.78 is 18.7. The molecular formula is C20H25FN4O. The van der Waals surface area contributed by atoms with Gasteiger partial charge in [0.15, 0.2) is 5.96 Å². The van der Waals surface area contributed by atoms with Gasteiger partial charge in [0.05, 0.1) is 6.54 Å². The number of guanidine groups is 1. The van der Waals surface area contributed by atoms with Gasteiger partial charge in [0.25, 0.3) is 0 Å². The molecule has 0 spiro atoms. The number of nitrogens with zero attached hydrogens (tertiary/aromatic N) is 2. The zero-order valence-electron chi connectivity index (χ0n) is 14.8. The lowest BCUT2D eigenvalue weighted by Crippen LogP contribution is -2.39. The minimum absolute atomic E-state index is 0.342. The number of halogens is 1. The molecule has 1 aromatic heterocycles. The zero-order chi connectivity index (χ0) is 18.2. The van der Waals surface area contributed by atoms with Crippen LogP contribution in [-0.2, 0) is 6.54 Å². The second kappa shape index (κ2) is 9.17. The van der Waals surface area contributed by atoms with Gasteiger partial charge in [-0.2, -0.15) is 0 Å². The van der Waals surface area contributed by atoms with Crippen molar-refractivity contribution in [2.45, 2.75) is 51.1 Å². The predicted molar refractivity (Wildman–Crippen MR) is 101 cm³/mol. The van der Waals surface area contributed by atoms with Crippen LogP contribution in [0.2, 0.25) is 0 Å². The van der Waals surface area contributed by atoms with E-state index in [1.165, 1.54) is 37.8 Å². The van der Waals surface area contributed by atoms with Crippen LogP contribution in [0.15, 0.2) is 47.6 Å². The maximum absolute atomic E-state index is 13.2. The highest BCUT2D eigenvalue weighted by atomic mass is 19.1. The fourth-order valence-electron chi connectivity index (χ4n) is 3.07. The highest BCUT2D eigenvalue weighted by Crippen LogP contribution is 2.20. The first-order valence-corrected chi connectivity index (χ1v) is 9.14. The summed E-state index contributed by atoms with van der Waals surface area (Å²) in [5.74, 6) is 0.968. The molecule has 1 fully saturated rings. The number of pyridine rings is 1. The minimum atomic E-state index is -0.342. The van der Waals surface area contributed by atoms with Crippen molar-refractivity contribution < 1.29 is 9.13 Å². The van der Waals surface area contributed by atoms with Gasteiger partial charge < -0.3 is 15.8 Å². The van der Waals surface area contributed by atoms with E-state index in [0.717, 1.165) is 18.4 Å². The van der Waals surface area contributed by atoms with Crippen molar-refractivity contribution in [1.82, 2.24) is 10.3 Å². The van der Waals surface area contributed by atoms with E-state index in [9.17, 15) is 4.39 Å². The molecular weight excluding hydrogens is 331 g/mol. The van der Waals surface area contributed by atoms with Crippen molar-refractivity contribution in [1.29, 1.82) is 0 Å². The normalized spacial score (nSPS) is 16.1. The molecule has 1 heterocycles. The summed E-state index contributed by atoms with van der Waals surface area (Å²) in [6.07, 6.45) is 9.13. The van der Waals surface area contributed by atoms with Crippen LogP contribution < -0.4 is 15.8 Å². The molecule has 3 N–H and O–H groups in total. The molecule has 1 saturated carbocycles. The predicted octanol–water partition coefficient (Wildman–Crippen LogP) is 4.14. The Kier molecular flexibility index (Phi) is 6.41. The van der Waals surface area contributed by atoms with Crippen LogP contribution in [-0.4, -0.2) is 17.0 Å². The molecule has 0 saturated heterocycles. The lowest BCUT2D eigenvalue weighted by atomic mass is 10.1. The molecule has 3 rings (SSSR count). The minimum Gasteiger partial charge on any atom is -0.439 e. The van der Waals surface area contributed by atoms with Gasteiger partial charge >= 0.3 is 0 Å². The first-order valence-electron chi connectivity index (χ1n) is 9.14. The molecule has 5 nitrogen and oxygen atoms in total. The highest BCUT2D eigenvalue weighted by Gasteiger charge is 2.12. The van der Waals surface area contributed by atoms with Crippen LogP contribution in [0.25, 0.3) is 0 Å². The number of rotatable bonds is 5. The summed E-state index contributed by atoms with van der Waals surface area (Å²) in [7, 11) is 0. The van der Waals surface area contributed by atoms with Gasteiger partial charge in [-0.05, 0) is 30.5 Å². The van der Waals surface area contributed by atoms with Gasteiger partial charge in [0.2, 0.25) is 5.88 Å². The van der Waals surface area contributed by atoms with E-state index in [0.29, 0.717) is 30.2 Å². The maximum Gasteiger partial charge on any atom is 0.219 e. The Labute approximate surface area is 153 Å². The molecule has 0 amide bonds. The zero-order valence-corrected chi connectivity index (χ0v) is 14.8. The molecule has 0 atom stereocenters. The van der Waals surface area contributed by atoms with E-state index < -0.39 is 0 Å². The van der Waals surface area contributed by atoms with E-state index in [4.69, 9.17) is 10.5 Å². The molecule has 26 heavy (non-hydrogen) atoms. The first-order chi connectivity index (χ1) is 12.7. The van der Waals surface area contributed by atoms with Crippen molar-refractivity contribution in [3.63, 3.8) is 0 Å². The summed E-state index contributed by atoms with van der Waals surface area (Å²) in [4.78, 5) is 8.63. The van der Waals surface area contributed by atoms with E-state index in [-0.39, 0.29) is 5.82 Å². The lowest BCUT2D eigenvalue weighted by Gasteiger charge is -2.16. The summed E-state index contributed by atoms with van der Waals surface area (Å²) in [5, 5.41) is 3.33. The largest absolute Gasteiger partial charge is 0.439 e. The number of hydrogen-bond acceptors (Lipinski definition) is 3. The van der Waals surface area contributed by atoms with Crippen molar-refractivity contribution in [3.8, 4) is 11.6 Å². The summed E-state index contributed by atoms with van der Waals surface area (Å²) >= 11 is 0. The first kappa shape index (κ1) is 18.2. The van der Waals surface area contributed by atoms with Crippen molar-refractivity contribution in [3.05, 3.63) is 54.0 Å². The topological polar surface area (TPSA) is 72.5 Å². The number of benzene rings is 1. The Hall–Kier alpha value is -2.63. The Morgan fingerprint density at radius 1 is 1.19 bits per heavy atom. The number of nitrogens with two attached hydrogens (primary N) is 1. The number of hydrogen-bond donors (Lipinski definition) is 2. The number of aliphatic imine (C=N–C) groups is 1. The molecule has 0 aliphatic heterocycles. The van der Waals surface area contributed by atoms with Crippen LogP contribution >= 0.6 is 0 Å². The van der Waals surface area contributed by atoms with Crippen LogP contribution in [0, 0.1) is 5.82 Å². The number of nitrogens with one attached hydrogen (secondary N) is 1. The second-order valence-electron chi connectivity index (χ2n) is 6.60. The maximum atomic E-state index is 13.2. The number of aromatic nitrogens is 1. The third-order valence-electron chi connectivity index (χ3n) is 4.46. The van der Waals surface area contributed by atoms with E-state index in [1.807, 2.05) is 6.07 Å². The Morgan fingerprint density at radius 3 is 2.69 bits per heavy atom. The van der Waals surface area contributed by atoms with Crippen LogP contribution in [0.3, 0.4) is 0 Å². The second-order valence-corrected chi connectivity index (χ2v) is 6.60. The van der Waals surface area contributed by atoms with E-state index >= 15 is 0 Å². The lowest BCUT2D eigenvalue weighted by molar-refractivity contribution is 0.457. The summed E-state index contributed by atoms with van der Waals surface area (Å²) in [6, 6.07) is 10.0. The van der Waals surface area contributed by atoms with Gasteiger partial charge in [0, 0.05) is 24.4 Å². The van der Waals surface area contributed by atoms with Crippen molar-refractivity contribution >= 4 is 5.96 Å². The molecule has 1 aliphatic rings. The third kappa shape index (κ3) is 5.72. The smallest absolute Gasteiger partial charge is 0.219 e. The van der Waals surface area contributed by atoms with Gasteiger partial charge in [0.1, 0.15) is 11.6 Å². The van der Waals surface area contributed by atoms with Crippen LogP contribution in [0.1, 0.15) is 44.1 Å². The highest BCUT2D eigenvalue weighted by molar-refractivity contribution is 5.78. The Bertz CT molecular complexity index is 725. The average molecular weight is 356 g/mol. The van der Waals surface area contributed by atoms with Crippen LogP contribution in [0.4, 0.5) is 4.39 Å². The quantitative estimate of drug-likeness (QED) is 0.480. The number of ether oxygens (including phenoxy) is 1. The Balaban J connectivity index is 1.51.